The number of ether oxygens (including phenoxy) is 1. The first-order valence-electron chi connectivity index (χ1n) is 10.6. The number of aromatic nitrogens is 3. The molecule has 0 saturated heterocycles. The Morgan fingerprint density at radius 2 is 1.94 bits per heavy atom. The summed E-state index contributed by atoms with van der Waals surface area (Å²) in [5.41, 5.74) is 3.28. The van der Waals surface area contributed by atoms with Crippen LogP contribution in [0, 0.1) is 18.6 Å². The lowest BCUT2D eigenvalue weighted by molar-refractivity contribution is 0.265. The van der Waals surface area contributed by atoms with Gasteiger partial charge in [0, 0.05) is 35.2 Å². The third kappa shape index (κ3) is 4.24. The van der Waals surface area contributed by atoms with Crippen molar-refractivity contribution in [3.05, 3.63) is 88.8 Å². The van der Waals surface area contributed by atoms with E-state index in [0.717, 1.165) is 16.8 Å². The van der Waals surface area contributed by atoms with E-state index >= 15 is 0 Å². The maximum absolute atomic E-state index is 14.8. The van der Waals surface area contributed by atoms with Crippen LogP contribution >= 0.6 is 11.6 Å². The minimum Gasteiger partial charge on any atom is -0.486 e. The molecule has 1 unspecified atom stereocenters. The molecule has 4 aromatic rings. The first-order valence-corrected chi connectivity index (χ1v) is 10.9. The van der Waals surface area contributed by atoms with Gasteiger partial charge in [0.15, 0.2) is 11.6 Å². The Hall–Kier alpha value is -3.78. The molecule has 2 aromatic heterocycles. The number of halogens is 3. The number of rotatable bonds is 4. The topological polar surface area (TPSA) is 63.2 Å². The molecule has 6 nitrogen and oxygen atoms in total. The third-order valence-corrected chi connectivity index (χ3v) is 6.02. The van der Waals surface area contributed by atoms with Gasteiger partial charge in [0.2, 0.25) is 5.95 Å². The van der Waals surface area contributed by atoms with Gasteiger partial charge in [0.1, 0.15) is 18.2 Å². The van der Waals surface area contributed by atoms with E-state index in [-0.39, 0.29) is 17.8 Å². The van der Waals surface area contributed by atoms with Crippen LogP contribution in [0.2, 0.25) is 5.02 Å². The predicted molar refractivity (Wildman–Crippen MR) is 128 cm³/mol. The molecule has 1 aliphatic rings. The number of hydrogen-bond acceptors (Lipinski definition) is 6. The van der Waals surface area contributed by atoms with Gasteiger partial charge in [-0.05, 0) is 60.5 Å². The minimum atomic E-state index is -0.403. The van der Waals surface area contributed by atoms with Crippen molar-refractivity contribution in [2.24, 2.45) is 0 Å². The number of likely N-dealkylation sites (N-methyl/N-ethyl adjacent to an activating group) is 1. The number of fused-ring (bicyclic) bond motifs is 1. The highest BCUT2D eigenvalue weighted by Gasteiger charge is 2.29. The van der Waals surface area contributed by atoms with Crippen LogP contribution in [0.25, 0.3) is 11.1 Å². The van der Waals surface area contributed by atoms with E-state index in [9.17, 15) is 8.78 Å². The van der Waals surface area contributed by atoms with Crippen LogP contribution in [0.15, 0.2) is 60.9 Å². The molecule has 172 valence electrons. The van der Waals surface area contributed by atoms with Crippen molar-refractivity contribution in [1.82, 2.24) is 15.0 Å². The number of anilines is 3. The Balaban J connectivity index is 1.40. The molecule has 0 radical (unpaired) electrons. The van der Waals surface area contributed by atoms with Gasteiger partial charge < -0.3 is 15.0 Å². The molecule has 2 aromatic carbocycles. The first-order chi connectivity index (χ1) is 16.4. The molecular weight excluding hydrogens is 460 g/mol. The van der Waals surface area contributed by atoms with Gasteiger partial charge >= 0.3 is 0 Å². The van der Waals surface area contributed by atoms with Crippen molar-refractivity contribution in [3.63, 3.8) is 0 Å². The van der Waals surface area contributed by atoms with Gasteiger partial charge in [-0.2, -0.15) is 4.98 Å². The number of aryl methyl sites for hydroxylation is 1. The molecule has 1 N–H and O–H groups in total. The zero-order chi connectivity index (χ0) is 23.8. The molecule has 5 rings (SSSR count). The van der Waals surface area contributed by atoms with Gasteiger partial charge in [-0.25, -0.2) is 13.8 Å². The zero-order valence-corrected chi connectivity index (χ0v) is 19.1. The number of nitrogens with zero attached hydrogens (tertiary/aromatic N) is 4. The van der Waals surface area contributed by atoms with Gasteiger partial charge in [-0.3, -0.25) is 4.98 Å². The predicted octanol–water partition coefficient (Wildman–Crippen LogP) is 6.09. The summed E-state index contributed by atoms with van der Waals surface area (Å²) in [5, 5.41) is 3.36. The molecule has 0 fully saturated rings. The van der Waals surface area contributed by atoms with Crippen LogP contribution < -0.4 is 15.0 Å². The summed E-state index contributed by atoms with van der Waals surface area (Å²) >= 11 is 6.27. The van der Waals surface area contributed by atoms with E-state index < -0.39 is 5.82 Å². The van der Waals surface area contributed by atoms with Crippen molar-refractivity contribution in [2.75, 3.05) is 23.9 Å². The first kappa shape index (κ1) is 22.0. The second kappa shape index (κ2) is 8.87. The van der Waals surface area contributed by atoms with E-state index in [2.05, 4.69) is 20.3 Å². The zero-order valence-electron chi connectivity index (χ0n) is 18.4. The number of nitrogens with one attached hydrogen (secondary N) is 1. The van der Waals surface area contributed by atoms with Crippen LogP contribution in [0.4, 0.5) is 26.2 Å². The molecule has 0 spiro atoms. The largest absolute Gasteiger partial charge is 0.486 e. The van der Waals surface area contributed by atoms with Crippen molar-refractivity contribution < 1.29 is 13.5 Å². The molecule has 34 heavy (non-hydrogen) atoms. The Labute approximate surface area is 200 Å². The third-order valence-electron chi connectivity index (χ3n) is 5.69. The normalized spacial score (nSPS) is 15.0. The van der Waals surface area contributed by atoms with Crippen LogP contribution in [0.1, 0.15) is 17.3 Å². The Kier molecular flexibility index (Phi) is 5.75. The number of benzene rings is 2. The number of pyridine rings is 1. The van der Waals surface area contributed by atoms with E-state index in [4.69, 9.17) is 16.3 Å². The summed E-state index contributed by atoms with van der Waals surface area (Å²) in [6, 6.07) is 12.5. The fourth-order valence-corrected chi connectivity index (χ4v) is 4.24. The molecule has 1 aliphatic heterocycles. The van der Waals surface area contributed by atoms with Crippen molar-refractivity contribution in [3.8, 4) is 16.9 Å². The SMILES string of the molecule is Cc1cc(-c2ccc(Nc3ncc4c(n3)N(C)C(c3ccc(F)cc3Cl)CO4)cc2F)ccn1. The second-order valence-electron chi connectivity index (χ2n) is 7.99. The Morgan fingerprint density at radius 3 is 2.71 bits per heavy atom. The second-order valence-corrected chi connectivity index (χ2v) is 8.40. The highest BCUT2D eigenvalue weighted by atomic mass is 35.5. The van der Waals surface area contributed by atoms with E-state index in [1.165, 1.54) is 18.2 Å². The summed E-state index contributed by atoms with van der Waals surface area (Å²) in [4.78, 5) is 14.9. The molecule has 0 saturated carbocycles. The Bertz CT molecular complexity index is 1380. The van der Waals surface area contributed by atoms with Crippen molar-refractivity contribution in [1.29, 1.82) is 0 Å². The highest BCUT2D eigenvalue weighted by Crippen LogP contribution is 2.39. The molecule has 1 atom stereocenters. The smallest absolute Gasteiger partial charge is 0.229 e. The van der Waals surface area contributed by atoms with E-state index in [0.29, 0.717) is 34.4 Å². The number of hydrogen-bond donors (Lipinski definition) is 1. The lowest BCUT2D eigenvalue weighted by atomic mass is 10.0. The van der Waals surface area contributed by atoms with Gasteiger partial charge in [0.05, 0.1) is 12.2 Å². The maximum Gasteiger partial charge on any atom is 0.229 e. The van der Waals surface area contributed by atoms with E-state index in [1.54, 1.807) is 36.7 Å². The van der Waals surface area contributed by atoms with Crippen LogP contribution in [0.3, 0.4) is 0 Å². The fraction of sp³-hybridized carbons (Fsp3) is 0.160. The van der Waals surface area contributed by atoms with Gasteiger partial charge in [0.25, 0.3) is 0 Å². The Morgan fingerprint density at radius 1 is 1.09 bits per heavy atom. The molecule has 0 amide bonds. The average molecular weight is 480 g/mol. The summed E-state index contributed by atoms with van der Waals surface area (Å²) < 4.78 is 34.2. The fourth-order valence-electron chi connectivity index (χ4n) is 3.94. The van der Waals surface area contributed by atoms with Crippen molar-refractivity contribution in [2.45, 2.75) is 13.0 Å². The lowest BCUT2D eigenvalue weighted by Crippen LogP contribution is -2.34. The standard InChI is InChI=1S/C25H20ClF2N5O/c1-14-9-15(7-8-29-14)18-6-4-17(11-21(18)28)31-25-30-12-23-24(32-25)33(2)22(13-34-23)19-5-3-16(27)10-20(19)26/h3-12,22H,13H2,1-2H3,(H,30,31,32). The van der Waals surface area contributed by atoms with Crippen LogP contribution in [-0.4, -0.2) is 28.6 Å². The summed E-state index contributed by atoms with van der Waals surface area (Å²) in [6.45, 7) is 2.17. The maximum atomic E-state index is 14.8. The summed E-state index contributed by atoms with van der Waals surface area (Å²) in [7, 11) is 1.85. The molecule has 9 heteroatoms. The minimum absolute atomic E-state index is 0.260. The van der Waals surface area contributed by atoms with E-state index in [1.807, 2.05) is 24.9 Å². The summed E-state index contributed by atoms with van der Waals surface area (Å²) in [5.74, 6) is 0.558. The van der Waals surface area contributed by atoms with Crippen LogP contribution in [-0.2, 0) is 0 Å². The highest BCUT2D eigenvalue weighted by molar-refractivity contribution is 6.31. The van der Waals surface area contributed by atoms with Crippen LogP contribution in [0.5, 0.6) is 5.75 Å². The van der Waals surface area contributed by atoms with Gasteiger partial charge in [-0.15, -0.1) is 0 Å². The summed E-state index contributed by atoms with van der Waals surface area (Å²) in [6.07, 6.45) is 3.22. The van der Waals surface area contributed by atoms with Crippen molar-refractivity contribution >= 4 is 29.1 Å². The molecule has 0 bridgehead atoms. The monoisotopic (exact) mass is 479 g/mol. The quantitative estimate of drug-likeness (QED) is 0.382. The molecular formula is C25H20ClF2N5O. The average Bonchev–Trinajstić information content (AvgIpc) is 2.80. The molecule has 0 aliphatic carbocycles. The van der Waals surface area contributed by atoms with Gasteiger partial charge in [-0.1, -0.05) is 17.7 Å². The molecule has 3 heterocycles. The lowest BCUT2D eigenvalue weighted by Gasteiger charge is -2.35.